The van der Waals surface area contributed by atoms with Crippen LogP contribution in [0.2, 0.25) is 10.0 Å². The molecule has 33 heavy (non-hydrogen) atoms. The number of ether oxygens (including phenoxy) is 1. The van der Waals surface area contributed by atoms with Crippen LogP contribution in [0.3, 0.4) is 0 Å². The topological polar surface area (TPSA) is 57.2 Å². The maximum absolute atomic E-state index is 12.2. The second-order valence-corrected chi connectivity index (χ2v) is 8.61. The van der Waals surface area contributed by atoms with Crippen molar-refractivity contribution in [3.05, 3.63) is 100 Å². The normalized spacial score (nSPS) is 11.2. The highest BCUT2D eigenvalue weighted by atomic mass is 35.5. The minimum Gasteiger partial charge on any atom is -0.497 e. The molecule has 2 N–H and O–H groups in total. The van der Waals surface area contributed by atoms with E-state index in [9.17, 15) is 4.79 Å². The van der Waals surface area contributed by atoms with Crippen LogP contribution >= 0.6 is 23.2 Å². The van der Waals surface area contributed by atoms with Gasteiger partial charge in [-0.2, -0.15) is 0 Å². The van der Waals surface area contributed by atoms with E-state index in [1.165, 1.54) is 0 Å². The quantitative estimate of drug-likeness (QED) is 0.307. The first-order chi connectivity index (χ1) is 16.0. The first kappa shape index (κ1) is 21.4. The maximum atomic E-state index is 12.2. The second kappa shape index (κ2) is 8.47. The lowest BCUT2D eigenvalue weighted by Gasteiger charge is -2.11. The van der Waals surface area contributed by atoms with E-state index >= 15 is 0 Å². The van der Waals surface area contributed by atoms with Gasteiger partial charge in [0.1, 0.15) is 5.75 Å². The summed E-state index contributed by atoms with van der Waals surface area (Å²) in [5, 5.41) is 2.78. The van der Waals surface area contributed by atoms with Crippen LogP contribution in [0.1, 0.15) is 15.9 Å². The summed E-state index contributed by atoms with van der Waals surface area (Å²) in [7, 11) is 1.64. The van der Waals surface area contributed by atoms with E-state index < -0.39 is 5.91 Å². The lowest BCUT2D eigenvalue weighted by Crippen LogP contribution is -2.11. The van der Waals surface area contributed by atoms with Gasteiger partial charge in [0.05, 0.1) is 18.1 Å². The Labute approximate surface area is 201 Å². The molecule has 1 amide bonds. The van der Waals surface area contributed by atoms with Crippen molar-refractivity contribution in [2.75, 3.05) is 7.11 Å². The number of carbonyl (C=O) groups is 1. The van der Waals surface area contributed by atoms with Gasteiger partial charge in [0.2, 0.25) is 5.91 Å². The Balaban J connectivity index is 1.77. The van der Waals surface area contributed by atoms with Crippen molar-refractivity contribution in [1.29, 1.82) is 0 Å². The van der Waals surface area contributed by atoms with E-state index in [4.69, 9.17) is 33.7 Å². The van der Waals surface area contributed by atoms with Crippen LogP contribution in [0, 0.1) is 6.07 Å². The van der Waals surface area contributed by atoms with Crippen LogP contribution < -0.4 is 10.5 Å². The largest absolute Gasteiger partial charge is 0.497 e. The molecule has 0 aliphatic carbocycles. The Morgan fingerprint density at radius 2 is 1.79 bits per heavy atom. The number of hydrogen-bond acceptors (Lipinski definition) is 2. The van der Waals surface area contributed by atoms with Crippen molar-refractivity contribution < 1.29 is 9.53 Å². The molecule has 0 saturated carbocycles. The average molecular weight is 474 g/mol. The lowest BCUT2D eigenvalue weighted by molar-refractivity contribution is 0.100. The van der Waals surface area contributed by atoms with Gasteiger partial charge in [-0.3, -0.25) is 4.79 Å². The van der Waals surface area contributed by atoms with Gasteiger partial charge < -0.3 is 15.0 Å². The first-order valence-corrected chi connectivity index (χ1v) is 11.1. The molecule has 0 spiro atoms. The SMILES string of the molecule is COc1ccc(-c2c[c]c3c4c(C(N)=O)cccc4n(Cc4ccc(Cl)cc4Cl)c3c2)cc1. The zero-order valence-electron chi connectivity index (χ0n) is 17.7. The molecule has 5 aromatic rings. The number of primary amides is 1. The van der Waals surface area contributed by atoms with Gasteiger partial charge in [-0.15, -0.1) is 0 Å². The van der Waals surface area contributed by atoms with E-state index in [-0.39, 0.29) is 0 Å². The van der Waals surface area contributed by atoms with Crippen molar-refractivity contribution in [2.24, 2.45) is 5.73 Å². The average Bonchev–Trinajstić information content (AvgIpc) is 3.13. The second-order valence-electron chi connectivity index (χ2n) is 7.76. The fraction of sp³-hybridized carbons (Fsp3) is 0.0741. The molecule has 0 atom stereocenters. The number of halogens is 2. The Morgan fingerprint density at radius 3 is 2.48 bits per heavy atom. The number of nitrogens with two attached hydrogens (primary N) is 1. The van der Waals surface area contributed by atoms with Gasteiger partial charge in [0.15, 0.2) is 0 Å². The van der Waals surface area contributed by atoms with E-state index in [2.05, 4.69) is 16.7 Å². The summed E-state index contributed by atoms with van der Waals surface area (Å²) in [5.74, 6) is 0.318. The maximum Gasteiger partial charge on any atom is 0.249 e. The third-order valence-electron chi connectivity index (χ3n) is 5.83. The van der Waals surface area contributed by atoms with Crippen LogP contribution in [0.15, 0.2) is 72.8 Å². The highest BCUT2D eigenvalue weighted by Gasteiger charge is 2.18. The minimum atomic E-state index is -0.475. The Bertz CT molecular complexity index is 1520. The zero-order valence-corrected chi connectivity index (χ0v) is 19.2. The van der Waals surface area contributed by atoms with Crippen LogP contribution in [0.25, 0.3) is 32.9 Å². The number of hydrogen-bond donors (Lipinski definition) is 1. The molecule has 4 nitrogen and oxygen atoms in total. The van der Waals surface area contributed by atoms with Crippen molar-refractivity contribution in [3.63, 3.8) is 0 Å². The van der Waals surface area contributed by atoms with Gasteiger partial charge in [-0.05, 0) is 71.3 Å². The van der Waals surface area contributed by atoms with Gasteiger partial charge in [0, 0.05) is 32.9 Å². The molecule has 0 bridgehead atoms. The van der Waals surface area contributed by atoms with E-state index in [1.54, 1.807) is 19.2 Å². The van der Waals surface area contributed by atoms with E-state index in [0.717, 1.165) is 44.2 Å². The molecule has 6 heteroatoms. The molecule has 0 unspecified atom stereocenters. The zero-order chi connectivity index (χ0) is 23.1. The molecule has 1 radical (unpaired) electrons. The molecular formula is C27H19Cl2N2O2. The molecule has 1 aromatic heterocycles. The van der Waals surface area contributed by atoms with Gasteiger partial charge >= 0.3 is 0 Å². The van der Waals surface area contributed by atoms with Gasteiger partial charge in [0.25, 0.3) is 0 Å². The van der Waals surface area contributed by atoms with Crippen LogP contribution in [0.4, 0.5) is 0 Å². The number of methoxy groups -OCH3 is 1. The number of aromatic nitrogens is 1. The number of carbonyl (C=O) groups excluding carboxylic acids is 1. The molecule has 0 saturated heterocycles. The van der Waals surface area contributed by atoms with Crippen LogP contribution in [-0.2, 0) is 6.54 Å². The van der Waals surface area contributed by atoms with Crippen molar-refractivity contribution in [3.8, 4) is 16.9 Å². The summed E-state index contributed by atoms with van der Waals surface area (Å²) in [4.78, 5) is 12.2. The molecule has 0 fully saturated rings. The lowest BCUT2D eigenvalue weighted by atomic mass is 10.0. The molecule has 163 valence electrons. The smallest absolute Gasteiger partial charge is 0.249 e. The Hall–Kier alpha value is -3.47. The molecular weight excluding hydrogens is 455 g/mol. The minimum absolute atomic E-state index is 0.465. The summed E-state index contributed by atoms with van der Waals surface area (Å²) in [5.41, 5.74) is 10.9. The Kier molecular flexibility index (Phi) is 5.49. The fourth-order valence-electron chi connectivity index (χ4n) is 4.20. The summed E-state index contributed by atoms with van der Waals surface area (Å²) in [6, 6.07) is 26.3. The highest BCUT2D eigenvalue weighted by molar-refractivity contribution is 6.35. The van der Waals surface area contributed by atoms with Crippen molar-refractivity contribution in [1.82, 2.24) is 4.57 Å². The number of fused-ring (bicyclic) bond motifs is 3. The number of rotatable bonds is 5. The summed E-state index contributed by atoms with van der Waals surface area (Å²) >= 11 is 12.6. The predicted molar refractivity (Wildman–Crippen MR) is 134 cm³/mol. The van der Waals surface area contributed by atoms with Crippen molar-refractivity contribution in [2.45, 2.75) is 6.54 Å². The summed E-state index contributed by atoms with van der Waals surface area (Å²) < 4.78 is 7.41. The standard InChI is InChI=1S/C27H19Cl2N2O2/c1-33-20-10-6-16(7-11-20)17-8-12-21-25(13-17)31(15-18-5-9-19(28)14-23(18)29)24-4-2-3-22(26(21)24)27(30)32/h2-11,13-14H,15H2,1H3,(H2,30,32). The third-order valence-corrected chi connectivity index (χ3v) is 6.41. The molecule has 1 heterocycles. The predicted octanol–water partition coefficient (Wildman–Crippen LogP) is 6.72. The summed E-state index contributed by atoms with van der Waals surface area (Å²) in [6.45, 7) is 0.498. The van der Waals surface area contributed by atoms with Crippen LogP contribution in [0.5, 0.6) is 5.75 Å². The highest BCUT2D eigenvalue weighted by Crippen LogP contribution is 2.35. The molecule has 4 aromatic carbocycles. The number of amides is 1. The van der Waals surface area contributed by atoms with Gasteiger partial charge in [-0.25, -0.2) is 0 Å². The molecule has 0 aliphatic rings. The number of nitrogens with zero attached hydrogens (tertiary/aromatic N) is 1. The van der Waals surface area contributed by atoms with E-state index in [1.807, 2.05) is 54.6 Å². The molecule has 0 aliphatic heterocycles. The van der Waals surface area contributed by atoms with Gasteiger partial charge in [-0.1, -0.05) is 47.5 Å². The summed E-state index contributed by atoms with van der Waals surface area (Å²) in [6.07, 6.45) is 0. The first-order valence-electron chi connectivity index (χ1n) is 10.3. The molecule has 5 rings (SSSR count). The van der Waals surface area contributed by atoms with Crippen molar-refractivity contribution >= 4 is 50.9 Å². The van der Waals surface area contributed by atoms with Crippen LogP contribution in [-0.4, -0.2) is 17.6 Å². The Morgan fingerprint density at radius 1 is 1.00 bits per heavy atom. The number of benzene rings is 4. The monoisotopic (exact) mass is 473 g/mol. The van der Waals surface area contributed by atoms with E-state index in [0.29, 0.717) is 22.2 Å². The third kappa shape index (κ3) is 3.82. The fourth-order valence-corrected chi connectivity index (χ4v) is 4.67.